The number of hydrogen-bond donors (Lipinski definition) is 2. The van der Waals surface area contributed by atoms with Gasteiger partial charge in [-0.3, -0.25) is 4.79 Å². The summed E-state index contributed by atoms with van der Waals surface area (Å²) in [6.45, 7) is 9.12. The Morgan fingerprint density at radius 3 is 2.47 bits per heavy atom. The van der Waals surface area contributed by atoms with E-state index < -0.39 is 0 Å². The van der Waals surface area contributed by atoms with Gasteiger partial charge in [0.15, 0.2) is 0 Å². The molecular weight excluding hydrogens is 232 g/mol. The standard InChI is InChI=1S/C13H28N2OS/c1-5-17-9-11(4)15-13(16)7-12(8-14)6-10(2)3/h10-12H,5-9,14H2,1-4H3,(H,15,16). The van der Waals surface area contributed by atoms with Crippen LogP contribution in [0.25, 0.3) is 0 Å². The molecule has 0 aliphatic heterocycles. The molecule has 0 saturated heterocycles. The number of nitrogens with one attached hydrogen (secondary N) is 1. The predicted octanol–water partition coefficient (Wildman–Crippen LogP) is 2.26. The summed E-state index contributed by atoms with van der Waals surface area (Å²) in [5, 5.41) is 3.04. The van der Waals surface area contributed by atoms with Crippen molar-refractivity contribution in [1.29, 1.82) is 0 Å². The zero-order valence-electron chi connectivity index (χ0n) is 11.7. The molecule has 2 atom stereocenters. The highest BCUT2D eigenvalue weighted by Gasteiger charge is 2.15. The van der Waals surface area contributed by atoms with Crippen LogP contribution in [-0.4, -0.2) is 30.0 Å². The zero-order chi connectivity index (χ0) is 13.3. The molecule has 0 radical (unpaired) electrons. The van der Waals surface area contributed by atoms with E-state index >= 15 is 0 Å². The third-order valence-corrected chi connectivity index (χ3v) is 3.74. The average Bonchev–Trinajstić information content (AvgIpc) is 2.24. The van der Waals surface area contributed by atoms with Crippen molar-refractivity contribution in [3.63, 3.8) is 0 Å². The van der Waals surface area contributed by atoms with Crippen molar-refractivity contribution < 1.29 is 4.79 Å². The molecule has 0 aliphatic rings. The Hall–Kier alpha value is -0.220. The number of amides is 1. The first-order valence-corrected chi connectivity index (χ1v) is 7.72. The Labute approximate surface area is 110 Å². The number of thioether (sulfide) groups is 1. The Kier molecular flexibility index (Phi) is 9.65. The molecule has 3 N–H and O–H groups in total. The molecule has 0 aromatic carbocycles. The highest BCUT2D eigenvalue weighted by molar-refractivity contribution is 7.99. The summed E-state index contributed by atoms with van der Waals surface area (Å²) in [7, 11) is 0. The van der Waals surface area contributed by atoms with E-state index in [1.165, 1.54) is 0 Å². The van der Waals surface area contributed by atoms with Gasteiger partial charge in [-0.2, -0.15) is 11.8 Å². The van der Waals surface area contributed by atoms with Crippen molar-refractivity contribution in [2.45, 2.75) is 46.6 Å². The topological polar surface area (TPSA) is 55.1 Å². The minimum absolute atomic E-state index is 0.144. The van der Waals surface area contributed by atoms with Gasteiger partial charge >= 0.3 is 0 Å². The van der Waals surface area contributed by atoms with Gasteiger partial charge < -0.3 is 11.1 Å². The normalized spacial score (nSPS) is 14.7. The fourth-order valence-corrected chi connectivity index (χ4v) is 2.53. The molecule has 0 spiro atoms. The average molecular weight is 260 g/mol. The van der Waals surface area contributed by atoms with E-state index in [-0.39, 0.29) is 11.9 Å². The number of nitrogens with two attached hydrogens (primary N) is 1. The van der Waals surface area contributed by atoms with E-state index in [4.69, 9.17) is 5.73 Å². The molecule has 2 unspecified atom stereocenters. The molecule has 102 valence electrons. The lowest BCUT2D eigenvalue weighted by Gasteiger charge is -2.18. The van der Waals surface area contributed by atoms with Crippen LogP contribution in [-0.2, 0) is 4.79 Å². The summed E-state index contributed by atoms with van der Waals surface area (Å²) < 4.78 is 0. The lowest BCUT2D eigenvalue weighted by Crippen LogP contribution is -2.36. The van der Waals surface area contributed by atoms with Gasteiger partial charge in [-0.05, 0) is 37.5 Å². The minimum Gasteiger partial charge on any atom is -0.353 e. The monoisotopic (exact) mass is 260 g/mol. The molecule has 17 heavy (non-hydrogen) atoms. The third kappa shape index (κ3) is 9.48. The molecule has 0 aromatic heterocycles. The van der Waals surface area contributed by atoms with Crippen molar-refractivity contribution in [1.82, 2.24) is 5.32 Å². The fourth-order valence-electron chi connectivity index (χ4n) is 1.86. The van der Waals surface area contributed by atoms with Crippen LogP contribution in [0.2, 0.25) is 0 Å². The van der Waals surface area contributed by atoms with Crippen molar-refractivity contribution in [3.8, 4) is 0 Å². The second-order valence-electron chi connectivity index (χ2n) is 5.06. The molecule has 0 saturated carbocycles. The lowest BCUT2D eigenvalue weighted by atomic mass is 9.94. The number of carbonyl (C=O) groups is 1. The number of rotatable bonds is 9. The maximum absolute atomic E-state index is 11.8. The number of carbonyl (C=O) groups excluding carboxylic acids is 1. The van der Waals surface area contributed by atoms with E-state index in [0.717, 1.165) is 17.9 Å². The van der Waals surface area contributed by atoms with Gasteiger partial charge in [-0.25, -0.2) is 0 Å². The van der Waals surface area contributed by atoms with Crippen LogP contribution in [0.3, 0.4) is 0 Å². The molecule has 0 aromatic rings. The van der Waals surface area contributed by atoms with Crippen LogP contribution in [0.1, 0.15) is 40.5 Å². The van der Waals surface area contributed by atoms with Crippen molar-refractivity contribution >= 4 is 17.7 Å². The second kappa shape index (κ2) is 9.77. The van der Waals surface area contributed by atoms with Gasteiger partial charge in [-0.15, -0.1) is 0 Å². The Morgan fingerprint density at radius 1 is 1.35 bits per heavy atom. The van der Waals surface area contributed by atoms with Gasteiger partial charge in [0.2, 0.25) is 5.91 Å². The highest BCUT2D eigenvalue weighted by atomic mass is 32.2. The molecule has 4 heteroatoms. The summed E-state index contributed by atoms with van der Waals surface area (Å²) >= 11 is 1.85. The lowest BCUT2D eigenvalue weighted by molar-refractivity contribution is -0.122. The first-order chi connectivity index (χ1) is 7.99. The molecule has 0 aliphatic carbocycles. The second-order valence-corrected chi connectivity index (χ2v) is 6.38. The van der Waals surface area contributed by atoms with Gasteiger partial charge in [0.05, 0.1) is 0 Å². The largest absolute Gasteiger partial charge is 0.353 e. The van der Waals surface area contributed by atoms with Gasteiger partial charge in [-0.1, -0.05) is 20.8 Å². The molecule has 0 rings (SSSR count). The highest BCUT2D eigenvalue weighted by Crippen LogP contribution is 2.14. The zero-order valence-corrected chi connectivity index (χ0v) is 12.5. The summed E-state index contributed by atoms with van der Waals surface area (Å²) in [5.74, 6) is 3.15. The maximum atomic E-state index is 11.8. The molecule has 1 amide bonds. The number of hydrogen-bond acceptors (Lipinski definition) is 3. The van der Waals surface area contributed by atoms with E-state index in [0.29, 0.717) is 24.8 Å². The Balaban J connectivity index is 3.89. The SMILES string of the molecule is CCSCC(C)NC(=O)CC(CN)CC(C)C. The maximum Gasteiger partial charge on any atom is 0.220 e. The van der Waals surface area contributed by atoms with E-state index in [9.17, 15) is 4.79 Å². The summed E-state index contributed by atoms with van der Waals surface area (Å²) in [6.07, 6.45) is 1.60. The van der Waals surface area contributed by atoms with Crippen LogP contribution >= 0.6 is 11.8 Å². The van der Waals surface area contributed by atoms with E-state index in [1.54, 1.807) is 0 Å². The van der Waals surface area contributed by atoms with Gasteiger partial charge in [0.25, 0.3) is 0 Å². The van der Waals surface area contributed by atoms with E-state index in [1.807, 2.05) is 11.8 Å². The molecule has 0 fully saturated rings. The molecule has 3 nitrogen and oxygen atoms in total. The minimum atomic E-state index is 0.144. The van der Waals surface area contributed by atoms with Crippen molar-refractivity contribution in [2.24, 2.45) is 17.6 Å². The summed E-state index contributed by atoms with van der Waals surface area (Å²) in [4.78, 5) is 11.8. The smallest absolute Gasteiger partial charge is 0.220 e. The van der Waals surface area contributed by atoms with Crippen LogP contribution in [0.15, 0.2) is 0 Å². The van der Waals surface area contributed by atoms with Crippen LogP contribution in [0, 0.1) is 11.8 Å². The Morgan fingerprint density at radius 2 is 2.00 bits per heavy atom. The van der Waals surface area contributed by atoms with Crippen LogP contribution < -0.4 is 11.1 Å². The fraction of sp³-hybridized carbons (Fsp3) is 0.923. The van der Waals surface area contributed by atoms with Crippen LogP contribution in [0.4, 0.5) is 0 Å². The molecule has 0 heterocycles. The quantitative estimate of drug-likeness (QED) is 0.668. The molecule has 0 bridgehead atoms. The van der Waals surface area contributed by atoms with E-state index in [2.05, 4.69) is 33.0 Å². The first-order valence-electron chi connectivity index (χ1n) is 6.56. The van der Waals surface area contributed by atoms with Gasteiger partial charge in [0, 0.05) is 18.2 Å². The van der Waals surface area contributed by atoms with Gasteiger partial charge in [0.1, 0.15) is 0 Å². The Bertz CT molecular complexity index is 210. The predicted molar refractivity (Wildman–Crippen MR) is 77.2 cm³/mol. The summed E-state index contributed by atoms with van der Waals surface area (Å²) in [6, 6.07) is 0.255. The van der Waals surface area contributed by atoms with Crippen molar-refractivity contribution in [3.05, 3.63) is 0 Å². The summed E-state index contributed by atoms with van der Waals surface area (Å²) in [5.41, 5.74) is 5.70. The van der Waals surface area contributed by atoms with Crippen LogP contribution in [0.5, 0.6) is 0 Å². The molecular formula is C13H28N2OS. The third-order valence-electron chi connectivity index (χ3n) is 2.59. The first kappa shape index (κ1) is 16.8. The van der Waals surface area contributed by atoms with Crippen molar-refractivity contribution in [2.75, 3.05) is 18.1 Å².